The molecular weight excluding hydrogens is 228 g/mol. The summed E-state index contributed by atoms with van der Waals surface area (Å²) in [5.74, 6) is 0.153. The lowest BCUT2D eigenvalue weighted by molar-refractivity contribution is 0.102. The topological polar surface area (TPSA) is 55.1 Å². The summed E-state index contributed by atoms with van der Waals surface area (Å²) in [7, 11) is 0. The minimum Gasteiger partial charge on any atom is -0.448 e. The minimum atomic E-state index is -0.306. The molecular formula is C11H9ClN2O2. The van der Waals surface area contributed by atoms with Crippen LogP contribution in [0.2, 0.25) is 5.02 Å². The van der Waals surface area contributed by atoms with E-state index in [1.807, 2.05) is 0 Å². The number of carbonyl (C=O) groups is 1. The number of nitrogens with one attached hydrogen (secondary N) is 1. The van der Waals surface area contributed by atoms with Gasteiger partial charge in [0.05, 0.1) is 0 Å². The summed E-state index contributed by atoms with van der Waals surface area (Å²) < 4.78 is 4.95. The molecule has 0 spiro atoms. The summed E-state index contributed by atoms with van der Waals surface area (Å²) in [6, 6.07) is 6.83. The Kier molecular flexibility index (Phi) is 2.92. The van der Waals surface area contributed by atoms with E-state index in [4.69, 9.17) is 16.0 Å². The van der Waals surface area contributed by atoms with Crippen molar-refractivity contribution in [3.63, 3.8) is 0 Å². The van der Waals surface area contributed by atoms with Gasteiger partial charge in [-0.1, -0.05) is 11.6 Å². The number of halogens is 1. The van der Waals surface area contributed by atoms with Crippen molar-refractivity contribution < 1.29 is 9.21 Å². The van der Waals surface area contributed by atoms with E-state index in [1.54, 1.807) is 31.2 Å². The zero-order valence-corrected chi connectivity index (χ0v) is 9.28. The van der Waals surface area contributed by atoms with Crippen LogP contribution in [0.1, 0.15) is 16.4 Å². The number of aryl methyl sites for hydroxylation is 1. The van der Waals surface area contributed by atoms with Crippen LogP contribution in [0.15, 0.2) is 34.9 Å². The first-order chi connectivity index (χ1) is 7.65. The fraction of sp³-hybridized carbons (Fsp3) is 0.0909. The maximum atomic E-state index is 11.6. The van der Waals surface area contributed by atoms with Gasteiger partial charge in [0.2, 0.25) is 0 Å². The molecule has 0 bridgehead atoms. The summed E-state index contributed by atoms with van der Waals surface area (Å²) in [5.41, 5.74) is 0.919. The number of nitrogens with zero attached hydrogens (tertiary/aromatic N) is 1. The quantitative estimate of drug-likeness (QED) is 0.872. The maximum Gasteiger partial charge on any atom is 0.277 e. The van der Waals surface area contributed by atoms with Crippen molar-refractivity contribution in [1.29, 1.82) is 0 Å². The summed E-state index contributed by atoms with van der Waals surface area (Å²) in [4.78, 5) is 15.6. The molecule has 5 heteroatoms. The Labute approximate surface area is 97.2 Å². The van der Waals surface area contributed by atoms with Crippen LogP contribution in [-0.4, -0.2) is 10.9 Å². The van der Waals surface area contributed by atoms with E-state index in [0.717, 1.165) is 0 Å². The molecule has 1 aromatic heterocycles. The summed E-state index contributed by atoms with van der Waals surface area (Å²) in [6.45, 7) is 1.68. The van der Waals surface area contributed by atoms with Gasteiger partial charge >= 0.3 is 0 Å². The number of hydrogen-bond donors (Lipinski definition) is 1. The molecule has 1 aromatic carbocycles. The van der Waals surface area contributed by atoms with Crippen LogP contribution in [0.4, 0.5) is 5.69 Å². The third-order valence-corrected chi connectivity index (χ3v) is 2.21. The lowest BCUT2D eigenvalue weighted by atomic mass is 10.3. The third kappa shape index (κ3) is 2.41. The van der Waals surface area contributed by atoms with Crippen molar-refractivity contribution in [3.8, 4) is 0 Å². The van der Waals surface area contributed by atoms with Gasteiger partial charge in [-0.3, -0.25) is 4.79 Å². The lowest BCUT2D eigenvalue weighted by Crippen LogP contribution is -2.12. The maximum absolute atomic E-state index is 11.6. The average molecular weight is 237 g/mol. The zero-order valence-electron chi connectivity index (χ0n) is 8.53. The molecule has 0 aliphatic carbocycles. The van der Waals surface area contributed by atoms with E-state index in [1.165, 1.54) is 6.26 Å². The molecule has 0 atom stereocenters. The largest absolute Gasteiger partial charge is 0.448 e. The summed E-state index contributed by atoms with van der Waals surface area (Å²) >= 11 is 5.73. The van der Waals surface area contributed by atoms with Crippen molar-refractivity contribution in [3.05, 3.63) is 47.1 Å². The van der Waals surface area contributed by atoms with Crippen LogP contribution in [0.25, 0.3) is 0 Å². The Morgan fingerprint density at radius 3 is 2.62 bits per heavy atom. The molecule has 2 rings (SSSR count). The van der Waals surface area contributed by atoms with Crippen LogP contribution in [-0.2, 0) is 0 Å². The molecule has 0 aliphatic heterocycles. The molecule has 1 N–H and O–H groups in total. The van der Waals surface area contributed by atoms with E-state index in [0.29, 0.717) is 16.6 Å². The Morgan fingerprint density at radius 1 is 1.38 bits per heavy atom. The van der Waals surface area contributed by atoms with Gasteiger partial charge in [-0.05, 0) is 24.3 Å². The number of hydrogen-bond acceptors (Lipinski definition) is 3. The van der Waals surface area contributed by atoms with E-state index >= 15 is 0 Å². The second kappa shape index (κ2) is 4.37. The molecule has 82 valence electrons. The molecule has 1 heterocycles. The number of amides is 1. The van der Waals surface area contributed by atoms with Gasteiger partial charge in [0, 0.05) is 17.6 Å². The first kappa shape index (κ1) is 10.7. The number of rotatable bonds is 2. The fourth-order valence-corrected chi connectivity index (χ4v) is 1.32. The highest BCUT2D eigenvalue weighted by Crippen LogP contribution is 2.14. The van der Waals surface area contributed by atoms with E-state index in [9.17, 15) is 4.79 Å². The zero-order chi connectivity index (χ0) is 11.5. The number of aromatic nitrogens is 1. The van der Waals surface area contributed by atoms with Crippen LogP contribution in [0.3, 0.4) is 0 Å². The van der Waals surface area contributed by atoms with Crippen molar-refractivity contribution in [2.24, 2.45) is 0 Å². The molecule has 2 aromatic rings. The van der Waals surface area contributed by atoms with Crippen LogP contribution in [0, 0.1) is 6.92 Å². The molecule has 0 fully saturated rings. The first-order valence-corrected chi connectivity index (χ1v) is 5.02. The number of carbonyl (C=O) groups excluding carboxylic acids is 1. The molecule has 0 aliphatic rings. The highest BCUT2D eigenvalue weighted by Gasteiger charge is 2.10. The molecule has 0 saturated carbocycles. The highest BCUT2D eigenvalue weighted by molar-refractivity contribution is 6.30. The predicted molar refractivity (Wildman–Crippen MR) is 60.6 cm³/mol. The SMILES string of the molecule is Cc1nc(C(=O)Nc2ccc(Cl)cc2)co1. The van der Waals surface area contributed by atoms with Gasteiger partial charge in [-0.25, -0.2) is 4.98 Å². The van der Waals surface area contributed by atoms with E-state index in [2.05, 4.69) is 10.3 Å². The molecule has 1 amide bonds. The predicted octanol–water partition coefficient (Wildman–Crippen LogP) is 2.89. The van der Waals surface area contributed by atoms with E-state index < -0.39 is 0 Å². The summed E-state index contributed by atoms with van der Waals surface area (Å²) in [6.07, 6.45) is 1.32. The standard InChI is InChI=1S/C11H9ClN2O2/c1-7-13-10(6-16-7)11(15)14-9-4-2-8(12)3-5-9/h2-6H,1H3,(H,14,15). The smallest absolute Gasteiger partial charge is 0.277 e. The number of oxazole rings is 1. The van der Waals surface area contributed by atoms with Crippen LogP contribution in [0.5, 0.6) is 0 Å². The Hall–Kier alpha value is -1.81. The molecule has 16 heavy (non-hydrogen) atoms. The Bertz CT molecular complexity index is 505. The minimum absolute atomic E-state index is 0.257. The Balaban J connectivity index is 2.10. The van der Waals surface area contributed by atoms with Crippen LogP contribution >= 0.6 is 11.6 Å². The second-order valence-corrected chi connectivity index (χ2v) is 3.65. The van der Waals surface area contributed by atoms with Crippen molar-refractivity contribution in [2.45, 2.75) is 6.92 Å². The normalized spacial score (nSPS) is 10.1. The van der Waals surface area contributed by atoms with E-state index in [-0.39, 0.29) is 11.6 Å². The lowest BCUT2D eigenvalue weighted by Gasteiger charge is -2.01. The molecule has 0 saturated heterocycles. The molecule has 4 nitrogen and oxygen atoms in total. The van der Waals surface area contributed by atoms with Gasteiger partial charge in [0.15, 0.2) is 11.6 Å². The summed E-state index contributed by atoms with van der Waals surface area (Å²) in [5, 5.41) is 3.30. The van der Waals surface area contributed by atoms with Gasteiger partial charge in [0.1, 0.15) is 6.26 Å². The number of anilines is 1. The Morgan fingerprint density at radius 2 is 2.06 bits per heavy atom. The molecule has 0 unspecified atom stereocenters. The van der Waals surface area contributed by atoms with Crippen molar-refractivity contribution in [1.82, 2.24) is 4.98 Å². The van der Waals surface area contributed by atoms with Gasteiger partial charge in [0.25, 0.3) is 5.91 Å². The highest BCUT2D eigenvalue weighted by atomic mass is 35.5. The fourth-order valence-electron chi connectivity index (χ4n) is 1.20. The molecule has 0 radical (unpaired) electrons. The number of benzene rings is 1. The van der Waals surface area contributed by atoms with Gasteiger partial charge in [-0.2, -0.15) is 0 Å². The van der Waals surface area contributed by atoms with Crippen molar-refractivity contribution in [2.75, 3.05) is 5.32 Å². The van der Waals surface area contributed by atoms with Crippen molar-refractivity contribution >= 4 is 23.2 Å². The van der Waals surface area contributed by atoms with Gasteiger partial charge < -0.3 is 9.73 Å². The second-order valence-electron chi connectivity index (χ2n) is 3.21. The van der Waals surface area contributed by atoms with Crippen LogP contribution < -0.4 is 5.32 Å². The third-order valence-electron chi connectivity index (χ3n) is 1.95. The first-order valence-electron chi connectivity index (χ1n) is 4.64. The average Bonchev–Trinajstić information content (AvgIpc) is 2.68. The van der Waals surface area contributed by atoms with Gasteiger partial charge in [-0.15, -0.1) is 0 Å². The monoisotopic (exact) mass is 236 g/mol.